The van der Waals surface area contributed by atoms with Crippen molar-refractivity contribution in [3.05, 3.63) is 42.1 Å². The highest BCUT2D eigenvalue weighted by molar-refractivity contribution is 5.90. The zero-order chi connectivity index (χ0) is 15.6. The topological polar surface area (TPSA) is 88.6 Å². The van der Waals surface area contributed by atoms with Crippen LogP contribution < -0.4 is 5.32 Å². The molecule has 7 heteroatoms. The van der Waals surface area contributed by atoms with Crippen LogP contribution in [-0.4, -0.2) is 44.6 Å². The molecule has 2 aromatic heterocycles. The van der Waals surface area contributed by atoms with E-state index in [-0.39, 0.29) is 12.0 Å². The van der Waals surface area contributed by atoms with E-state index in [1.807, 2.05) is 24.3 Å². The van der Waals surface area contributed by atoms with Crippen LogP contribution in [0.2, 0.25) is 0 Å². The number of anilines is 1. The van der Waals surface area contributed by atoms with Gasteiger partial charge in [0.05, 0.1) is 42.6 Å². The Bertz CT molecular complexity index is 812. The summed E-state index contributed by atoms with van der Waals surface area (Å²) in [5, 5.41) is 20.1. The van der Waals surface area contributed by atoms with Crippen molar-refractivity contribution in [3.63, 3.8) is 0 Å². The Morgan fingerprint density at radius 3 is 3.09 bits per heavy atom. The Labute approximate surface area is 133 Å². The molecule has 2 atom stereocenters. The molecule has 0 amide bonds. The molecule has 3 heterocycles. The molecule has 0 aliphatic carbocycles. The zero-order valence-electron chi connectivity index (χ0n) is 12.9. The summed E-state index contributed by atoms with van der Waals surface area (Å²) in [6, 6.07) is 8.07. The Hall–Kier alpha value is -2.54. The van der Waals surface area contributed by atoms with E-state index in [0.29, 0.717) is 13.2 Å². The van der Waals surface area contributed by atoms with Crippen LogP contribution in [0.5, 0.6) is 0 Å². The standard InChI is InChI=1S/C16H18N6O/c1-2-15-19-16(22-21-15)11-8-23-9-14(11)18-13-7-17-20-12-6-4-3-5-10(12)13/h3-7,11,14H,2,8-9H2,1H3,(H,18,20)(H,19,21,22)/t11-,14+/m1/s1. The Morgan fingerprint density at radius 1 is 1.30 bits per heavy atom. The normalized spacial score (nSPS) is 20.9. The maximum atomic E-state index is 5.66. The summed E-state index contributed by atoms with van der Waals surface area (Å²) in [5.41, 5.74) is 1.83. The summed E-state index contributed by atoms with van der Waals surface area (Å²) in [6.07, 6.45) is 2.60. The number of aryl methyl sites for hydroxylation is 1. The predicted octanol–water partition coefficient (Wildman–Crippen LogP) is 1.90. The van der Waals surface area contributed by atoms with Gasteiger partial charge >= 0.3 is 0 Å². The van der Waals surface area contributed by atoms with Crippen molar-refractivity contribution in [1.82, 2.24) is 25.4 Å². The predicted molar refractivity (Wildman–Crippen MR) is 86.3 cm³/mol. The largest absolute Gasteiger partial charge is 0.378 e. The number of ether oxygens (including phenoxy) is 1. The summed E-state index contributed by atoms with van der Waals surface area (Å²) >= 11 is 0. The number of nitrogens with one attached hydrogen (secondary N) is 2. The van der Waals surface area contributed by atoms with Gasteiger partial charge in [0.1, 0.15) is 5.82 Å². The highest BCUT2D eigenvalue weighted by Gasteiger charge is 2.33. The first-order valence-corrected chi connectivity index (χ1v) is 7.81. The fourth-order valence-electron chi connectivity index (χ4n) is 2.91. The number of benzene rings is 1. The van der Waals surface area contributed by atoms with Gasteiger partial charge in [-0.2, -0.15) is 15.3 Å². The highest BCUT2D eigenvalue weighted by atomic mass is 16.5. The molecular weight excluding hydrogens is 292 g/mol. The van der Waals surface area contributed by atoms with E-state index in [0.717, 1.165) is 34.7 Å². The number of H-pyrrole nitrogens is 1. The molecule has 0 saturated carbocycles. The third-order valence-electron chi connectivity index (χ3n) is 4.18. The molecule has 23 heavy (non-hydrogen) atoms. The quantitative estimate of drug-likeness (QED) is 0.765. The summed E-state index contributed by atoms with van der Waals surface area (Å²) in [6.45, 7) is 3.30. The molecule has 0 bridgehead atoms. The average molecular weight is 310 g/mol. The van der Waals surface area contributed by atoms with Crippen molar-refractivity contribution >= 4 is 16.6 Å². The molecule has 2 N–H and O–H groups in total. The lowest BCUT2D eigenvalue weighted by Crippen LogP contribution is -2.27. The van der Waals surface area contributed by atoms with E-state index in [9.17, 15) is 0 Å². The molecule has 3 aromatic rings. The van der Waals surface area contributed by atoms with Crippen molar-refractivity contribution < 1.29 is 4.74 Å². The highest BCUT2D eigenvalue weighted by Crippen LogP contribution is 2.28. The van der Waals surface area contributed by atoms with Crippen LogP contribution >= 0.6 is 0 Å². The summed E-state index contributed by atoms with van der Waals surface area (Å²) in [5.74, 6) is 1.84. The van der Waals surface area contributed by atoms with Gasteiger partial charge in [0, 0.05) is 11.8 Å². The summed E-state index contributed by atoms with van der Waals surface area (Å²) in [7, 11) is 0. The first-order valence-electron chi connectivity index (χ1n) is 7.81. The van der Waals surface area contributed by atoms with Gasteiger partial charge in [0.15, 0.2) is 5.82 Å². The van der Waals surface area contributed by atoms with E-state index in [2.05, 4.69) is 37.6 Å². The van der Waals surface area contributed by atoms with Gasteiger partial charge < -0.3 is 10.1 Å². The minimum absolute atomic E-state index is 0.114. The minimum Gasteiger partial charge on any atom is -0.378 e. The second-order valence-electron chi connectivity index (χ2n) is 5.66. The number of nitrogens with zero attached hydrogens (tertiary/aromatic N) is 4. The fourth-order valence-corrected chi connectivity index (χ4v) is 2.91. The molecule has 1 aliphatic rings. The molecule has 0 unspecified atom stereocenters. The molecule has 0 spiro atoms. The van der Waals surface area contributed by atoms with Crippen LogP contribution in [0.4, 0.5) is 5.69 Å². The molecule has 118 valence electrons. The number of fused-ring (bicyclic) bond motifs is 1. The Kier molecular flexibility index (Phi) is 3.63. The fraction of sp³-hybridized carbons (Fsp3) is 0.375. The lowest BCUT2D eigenvalue weighted by molar-refractivity contribution is 0.191. The van der Waals surface area contributed by atoms with Crippen LogP contribution in [0.3, 0.4) is 0 Å². The maximum Gasteiger partial charge on any atom is 0.158 e. The Balaban J connectivity index is 1.61. The third kappa shape index (κ3) is 2.63. The lowest BCUT2D eigenvalue weighted by Gasteiger charge is -2.18. The van der Waals surface area contributed by atoms with Crippen molar-refractivity contribution in [3.8, 4) is 0 Å². The van der Waals surface area contributed by atoms with Crippen LogP contribution in [0.15, 0.2) is 30.5 Å². The van der Waals surface area contributed by atoms with Crippen LogP contribution in [0.25, 0.3) is 10.9 Å². The number of hydrogen-bond acceptors (Lipinski definition) is 6. The van der Waals surface area contributed by atoms with Gasteiger partial charge in [0.2, 0.25) is 0 Å². The van der Waals surface area contributed by atoms with E-state index < -0.39 is 0 Å². The van der Waals surface area contributed by atoms with Gasteiger partial charge in [0.25, 0.3) is 0 Å². The molecule has 1 saturated heterocycles. The molecule has 1 aliphatic heterocycles. The van der Waals surface area contributed by atoms with Gasteiger partial charge in [-0.3, -0.25) is 5.10 Å². The van der Waals surface area contributed by atoms with Crippen molar-refractivity contribution in [1.29, 1.82) is 0 Å². The van der Waals surface area contributed by atoms with Crippen molar-refractivity contribution in [2.24, 2.45) is 0 Å². The SMILES string of the molecule is CCc1nc([C@@H]2COC[C@@H]2Nc2cnnc3ccccc23)n[nH]1. The molecule has 1 aromatic carbocycles. The van der Waals surface area contributed by atoms with Crippen molar-refractivity contribution in [2.45, 2.75) is 25.3 Å². The van der Waals surface area contributed by atoms with Gasteiger partial charge in [-0.1, -0.05) is 25.1 Å². The van der Waals surface area contributed by atoms with Crippen molar-refractivity contribution in [2.75, 3.05) is 18.5 Å². The van der Waals surface area contributed by atoms with E-state index in [4.69, 9.17) is 4.74 Å². The summed E-state index contributed by atoms with van der Waals surface area (Å²) in [4.78, 5) is 4.55. The van der Waals surface area contributed by atoms with Gasteiger partial charge in [-0.05, 0) is 6.07 Å². The van der Waals surface area contributed by atoms with E-state index in [1.54, 1.807) is 6.20 Å². The molecule has 0 radical (unpaired) electrons. The number of hydrogen-bond donors (Lipinski definition) is 2. The Morgan fingerprint density at radius 2 is 2.22 bits per heavy atom. The average Bonchev–Trinajstić information content (AvgIpc) is 3.24. The smallest absolute Gasteiger partial charge is 0.158 e. The molecular formula is C16H18N6O. The summed E-state index contributed by atoms with van der Waals surface area (Å²) < 4.78 is 5.66. The molecule has 1 fully saturated rings. The number of aromatic amines is 1. The van der Waals surface area contributed by atoms with Crippen LogP contribution in [-0.2, 0) is 11.2 Å². The lowest BCUT2D eigenvalue weighted by atomic mass is 10.0. The van der Waals surface area contributed by atoms with Gasteiger partial charge in [-0.25, -0.2) is 4.98 Å². The first-order chi connectivity index (χ1) is 11.3. The first kappa shape index (κ1) is 14.1. The second-order valence-corrected chi connectivity index (χ2v) is 5.66. The second kappa shape index (κ2) is 5.92. The number of rotatable bonds is 4. The van der Waals surface area contributed by atoms with Crippen LogP contribution in [0.1, 0.15) is 24.5 Å². The molecule has 7 nitrogen and oxygen atoms in total. The number of aromatic nitrogens is 5. The van der Waals surface area contributed by atoms with Crippen LogP contribution in [0, 0.1) is 0 Å². The monoisotopic (exact) mass is 310 g/mol. The van der Waals surface area contributed by atoms with E-state index in [1.165, 1.54) is 0 Å². The van der Waals surface area contributed by atoms with E-state index >= 15 is 0 Å². The zero-order valence-corrected chi connectivity index (χ0v) is 12.9. The third-order valence-corrected chi connectivity index (χ3v) is 4.18. The maximum absolute atomic E-state index is 5.66. The minimum atomic E-state index is 0.114. The van der Waals surface area contributed by atoms with Gasteiger partial charge in [-0.15, -0.1) is 0 Å². The molecule has 4 rings (SSSR count).